The average Bonchev–Trinajstić information content (AvgIpc) is 3.63. The molecule has 1 aliphatic rings. The van der Waals surface area contributed by atoms with Crippen LogP contribution in [-0.2, 0) is 20.8 Å². The summed E-state index contributed by atoms with van der Waals surface area (Å²) in [5, 5.41) is 19.7. The van der Waals surface area contributed by atoms with Crippen LogP contribution in [0.3, 0.4) is 0 Å². The Morgan fingerprint density at radius 3 is 2.62 bits per heavy atom. The molecule has 4 aromatic rings. The van der Waals surface area contributed by atoms with Gasteiger partial charge in [-0.05, 0) is 31.5 Å². The molecule has 1 N–H and O–H groups in total. The molecule has 206 valence electrons. The van der Waals surface area contributed by atoms with Gasteiger partial charge >= 0.3 is 5.69 Å². The van der Waals surface area contributed by atoms with E-state index in [9.17, 15) is 23.9 Å². The quantitative estimate of drug-likeness (QED) is 0.307. The predicted molar refractivity (Wildman–Crippen MR) is 140 cm³/mol. The second-order valence-corrected chi connectivity index (χ2v) is 10.2. The predicted octanol–water partition coefficient (Wildman–Crippen LogP) is 1.77. The van der Waals surface area contributed by atoms with E-state index in [1.807, 2.05) is 0 Å². The number of benzene rings is 1. The molecular weight excluding hydrogens is 531 g/mol. The highest BCUT2D eigenvalue weighted by molar-refractivity contribution is 7.21. The number of aromatic hydroxyl groups is 1. The number of nitrogens with zero attached hydrogens (tertiary/aromatic N) is 6. The van der Waals surface area contributed by atoms with Crippen molar-refractivity contribution in [2.24, 2.45) is 0 Å². The maximum absolute atomic E-state index is 14.2. The van der Waals surface area contributed by atoms with Crippen molar-refractivity contribution in [3.8, 4) is 10.8 Å². The summed E-state index contributed by atoms with van der Waals surface area (Å²) < 4.78 is 27.6. The number of phenolic OH excluding ortho intramolecular Hbond substituents is 1. The van der Waals surface area contributed by atoms with Crippen LogP contribution in [0.25, 0.3) is 15.2 Å². The normalized spacial score (nSPS) is 16.5. The Morgan fingerprint density at radius 1 is 1.21 bits per heavy atom. The van der Waals surface area contributed by atoms with Crippen LogP contribution in [0.1, 0.15) is 29.7 Å². The molecule has 3 aromatic heterocycles. The molecule has 4 heterocycles. The second kappa shape index (κ2) is 10.7. The number of ether oxygens (including phenoxy) is 2. The zero-order chi connectivity index (χ0) is 27.8. The Kier molecular flexibility index (Phi) is 7.34. The second-order valence-electron chi connectivity index (χ2n) is 9.22. The van der Waals surface area contributed by atoms with Gasteiger partial charge in [-0.25, -0.2) is 13.8 Å². The van der Waals surface area contributed by atoms with Gasteiger partial charge in [-0.2, -0.15) is 10.2 Å². The lowest BCUT2D eigenvalue weighted by molar-refractivity contribution is -0.129. The molecule has 39 heavy (non-hydrogen) atoms. The van der Waals surface area contributed by atoms with E-state index < -0.39 is 29.2 Å². The smallest absolute Gasteiger partial charge is 0.332 e. The van der Waals surface area contributed by atoms with Gasteiger partial charge in [0.15, 0.2) is 0 Å². The highest BCUT2D eigenvalue weighted by Gasteiger charge is 2.35. The first-order valence-electron chi connectivity index (χ1n) is 12.2. The van der Waals surface area contributed by atoms with Gasteiger partial charge in [0.05, 0.1) is 37.5 Å². The van der Waals surface area contributed by atoms with E-state index in [0.717, 1.165) is 28.0 Å². The van der Waals surface area contributed by atoms with Crippen LogP contribution in [0.15, 0.2) is 40.2 Å². The van der Waals surface area contributed by atoms with Crippen LogP contribution < -0.4 is 11.2 Å². The number of aryl methyl sites for hydroxylation is 1. The first-order valence-corrected chi connectivity index (χ1v) is 13.0. The van der Waals surface area contributed by atoms with E-state index in [0.29, 0.717) is 28.4 Å². The Hall–Kier alpha value is -3.88. The molecule has 1 fully saturated rings. The third kappa shape index (κ3) is 4.75. The molecular formula is C25H27FN6O6S. The molecule has 5 rings (SSSR count). The molecule has 14 heteroatoms. The molecule has 1 saturated heterocycles. The molecule has 1 amide bonds. The molecule has 0 spiro atoms. The van der Waals surface area contributed by atoms with Gasteiger partial charge in [0.2, 0.25) is 5.91 Å². The molecule has 1 aromatic carbocycles. The Morgan fingerprint density at radius 2 is 1.95 bits per heavy atom. The first-order chi connectivity index (χ1) is 18.7. The summed E-state index contributed by atoms with van der Waals surface area (Å²) in [5.74, 6) is -1.14. The maximum atomic E-state index is 14.2. The zero-order valence-corrected chi connectivity index (χ0v) is 22.4. The van der Waals surface area contributed by atoms with Crippen molar-refractivity contribution in [2.45, 2.75) is 32.0 Å². The number of thiophene rings is 1. The molecule has 0 bridgehead atoms. The average molecular weight is 559 g/mol. The fourth-order valence-electron chi connectivity index (χ4n) is 4.81. The minimum Gasteiger partial charge on any atom is -0.508 e. The van der Waals surface area contributed by atoms with Crippen LogP contribution >= 0.6 is 11.3 Å². The SMILES string of the molecule is COCCO[C@@H](Cn1c(=O)n([C@@H]2CCN(C)C2=O)c(=O)c2c(C)c(-n3nccn3)sc21)c1cc(F)ccc1O. The van der Waals surface area contributed by atoms with Gasteiger partial charge in [0, 0.05) is 31.8 Å². The van der Waals surface area contributed by atoms with Gasteiger partial charge in [-0.1, -0.05) is 11.3 Å². The number of rotatable bonds is 9. The largest absolute Gasteiger partial charge is 0.508 e. The number of fused-ring (bicyclic) bond motifs is 1. The van der Waals surface area contributed by atoms with Crippen LogP contribution in [0.2, 0.25) is 0 Å². The lowest BCUT2D eigenvalue weighted by Crippen LogP contribution is -2.44. The molecule has 0 unspecified atom stereocenters. The fraction of sp³-hybridized carbons (Fsp3) is 0.400. The molecule has 12 nitrogen and oxygen atoms in total. The van der Waals surface area contributed by atoms with Crippen LogP contribution in [0, 0.1) is 12.7 Å². The number of amides is 1. The highest BCUT2D eigenvalue weighted by Crippen LogP contribution is 2.34. The lowest BCUT2D eigenvalue weighted by Gasteiger charge is -2.22. The molecule has 2 atom stereocenters. The van der Waals surface area contributed by atoms with Crippen LogP contribution in [0.5, 0.6) is 5.75 Å². The van der Waals surface area contributed by atoms with E-state index >= 15 is 0 Å². The van der Waals surface area contributed by atoms with E-state index in [1.165, 1.54) is 39.8 Å². The molecule has 0 radical (unpaired) electrons. The number of hydrogen-bond acceptors (Lipinski definition) is 9. The summed E-state index contributed by atoms with van der Waals surface area (Å²) in [4.78, 5) is 43.9. The summed E-state index contributed by atoms with van der Waals surface area (Å²) >= 11 is 1.14. The van der Waals surface area contributed by atoms with Crippen molar-refractivity contribution in [3.63, 3.8) is 0 Å². The summed E-state index contributed by atoms with van der Waals surface area (Å²) in [6.07, 6.45) is 2.30. The van der Waals surface area contributed by atoms with Gasteiger partial charge < -0.3 is 19.5 Å². The van der Waals surface area contributed by atoms with Crippen molar-refractivity contribution in [1.29, 1.82) is 0 Å². The Labute approximate surface area is 225 Å². The number of methoxy groups -OCH3 is 1. The lowest BCUT2D eigenvalue weighted by atomic mass is 10.1. The van der Waals surface area contributed by atoms with E-state index in [2.05, 4.69) is 10.2 Å². The van der Waals surface area contributed by atoms with Gasteiger partial charge in [0.1, 0.15) is 33.5 Å². The van der Waals surface area contributed by atoms with Crippen molar-refractivity contribution in [2.75, 3.05) is 33.9 Å². The summed E-state index contributed by atoms with van der Waals surface area (Å²) in [7, 11) is 3.12. The number of aromatic nitrogens is 5. The molecule has 0 saturated carbocycles. The van der Waals surface area contributed by atoms with Crippen molar-refractivity contribution in [3.05, 3.63) is 68.4 Å². The number of halogens is 1. The Bertz CT molecular complexity index is 1650. The number of hydrogen-bond donors (Lipinski definition) is 1. The van der Waals surface area contributed by atoms with Gasteiger partial charge in [-0.3, -0.25) is 14.2 Å². The van der Waals surface area contributed by atoms with E-state index in [-0.39, 0.29) is 42.4 Å². The van der Waals surface area contributed by atoms with Crippen molar-refractivity contribution >= 4 is 27.5 Å². The standard InChI is InChI=1S/C25H27FN6O6S/c1-14-20-22(35)31(17-6-9-29(2)21(17)34)25(36)30(24(20)39-23(14)32-27-7-8-28-32)13-19(38-11-10-37-3)16-12-15(26)4-5-18(16)33/h4-5,7-8,12,17,19,33H,6,9-11,13H2,1-3H3/t17-,19+/m1/s1. The number of phenols is 1. The third-order valence-electron chi connectivity index (χ3n) is 6.82. The monoisotopic (exact) mass is 558 g/mol. The maximum Gasteiger partial charge on any atom is 0.332 e. The zero-order valence-electron chi connectivity index (χ0n) is 21.5. The summed E-state index contributed by atoms with van der Waals surface area (Å²) in [6, 6.07) is 2.50. The number of carbonyl (C=O) groups excluding carboxylic acids is 1. The highest BCUT2D eigenvalue weighted by atomic mass is 32.1. The van der Waals surface area contributed by atoms with Crippen molar-refractivity contribution < 1.29 is 23.8 Å². The minimum absolute atomic E-state index is 0.0898. The van der Waals surface area contributed by atoms with E-state index in [4.69, 9.17) is 9.47 Å². The van der Waals surface area contributed by atoms with E-state index in [1.54, 1.807) is 14.0 Å². The van der Waals surface area contributed by atoms with Crippen molar-refractivity contribution in [1.82, 2.24) is 29.0 Å². The Balaban J connectivity index is 1.74. The number of likely N-dealkylation sites (N-methyl/N-ethyl adjacent to an activating group) is 1. The minimum atomic E-state index is -0.988. The summed E-state index contributed by atoms with van der Waals surface area (Å²) in [5.41, 5.74) is -0.623. The molecule has 0 aliphatic carbocycles. The summed E-state index contributed by atoms with van der Waals surface area (Å²) in [6.45, 7) is 2.25. The van der Waals surface area contributed by atoms with Gasteiger partial charge in [0.25, 0.3) is 5.56 Å². The molecule has 1 aliphatic heterocycles. The fourth-order valence-corrected chi connectivity index (χ4v) is 6.03. The first kappa shape index (κ1) is 26.7. The number of carbonyl (C=O) groups is 1. The third-order valence-corrected chi connectivity index (χ3v) is 8.10. The van der Waals surface area contributed by atoms with Gasteiger partial charge in [-0.15, -0.1) is 4.80 Å². The number of likely N-dealkylation sites (tertiary alicyclic amines) is 1. The van der Waals surface area contributed by atoms with Crippen LogP contribution in [0.4, 0.5) is 4.39 Å². The van der Waals surface area contributed by atoms with Crippen LogP contribution in [-0.4, -0.2) is 74.0 Å². The topological polar surface area (TPSA) is 134 Å².